The van der Waals surface area contributed by atoms with E-state index in [0.717, 1.165) is 18.2 Å². The van der Waals surface area contributed by atoms with Crippen molar-refractivity contribution < 1.29 is 23.8 Å². The van der Waals surface area contributed by atoms with Crippen molar-refractivity contribution in [2.24, 2.45) is 4.99 Å². The maximum atomic E-state index is 12.4. The van der Waals surface area contributed by atoms with Crippen molar-refractivity contribution in [2.45, 2.75) is 30.6 Å². The van der Waals surface area contributed by atoms with E-state index in [1.54, 1.807) is 31.4 Å². The number of esters is 1. The van der Waals surface area contributed by atoms with E-state index < -0.39 is 16.8 Å². The molecule has 7 nitrogen and oxygen atoms in total. The fourth-order valence-electron chi connectivity index (χ4n) is 2.70. The van der Waals surface area contributed by atoms with Crippen molar-refractivity contribution in [1.82, 2.24) is 5.32 Å². The lowest BCUT2D eigenvalue weighted by Crippen LogP contribution is -2.40. The summed E-state index contributed by atoms with van der Waals surface area (Å²) in [5.41, 5.74) is 0.633. The van der Waals surface area contributed by atoms with Crippen molar-refractivity contribution >= 4 is 34.5 Å². The van der Waals surface area contributed by atoms with E-state index in [0.29, 0.717) is 29.8 Å². The Kier molecular flexibility index (Phi) is 5.29. The third-order valence-electron chi connectivity index (χ3n) is 3.91. The number of hydrogen-bond acceptors (Lipinski definition) is 7. The number of carbonyl (C=O) groups is 2. The standard InChI is InChI=1S/C17H20N2O5S/c1-3-7-23-10-13-9-17(15(21)24-13)14(20)19-16(25-17)18-11-5-4-6-12(8-11)22-2/h4-6,8,13H,3,7,9-10H2,1-2H3,(H,18,19,20)/t13-,17-/m1/s1. The Hall–Kier alpha value is -2.06. The molecule has 2 fully saturated rings. The first kappa shape index (κ1) is 17.8. The maximum absolute atomic E-state index is 12.4. The van der Waals surface area contributed by atoms with E-state index in [9.17, 15) is 9.59 Å². The second-order valence-corrected chi connectivity index (χ2v) is 7.10. The quantitative estimate of drug-likeness (QED) is 0.472. The van der Waals surface area contributed by atoms with Gasteiger partial charge in [0.1, 0.15) is 11.9 Å². The summed E-state index contributed by atoms with van der Waals surface area (Å²) in [6.45, 7) is 2.91. The highest BCUT2D eigenvalue weighted by molar-refractivity contribution is 8.17. The fraction of sp³-hybridized carbons (Fsp3) is 0.471. The van der Waals surface area contributed by atoms with Gasteiger partial charge < -0.3 is 19.5 Å². The number of amidine groups is 1. The molecule has 134 valence electrons. The number of hydrogen-bond donors (Lipinski definition) is 1. The van der Waals surface area contributed by atoms with Gasteiger partial charge in [-0.1, -0.05) is 24.8 Å². The summed E-state index contributed by atoms with van der Waals surface area (Å²) in [7, 11) is 1.57. The number of nitrogens with zero attached hydrogens (tertiary/aromatic N) is 1. The Morgan fingerprint density at radius 3 is 3.04 bits per heavy atom. The zero-order chi connectivity index (χ0) is 17.9. The van der Waals surface area contributed by atoms with Crippen molar-refractivity contribution in [3.05, 3.63) is 24.3 Å². The molecule has 0 aromatic heterocycles. The Bertz CT molecular complexity index is 708. The Morgan fingerprint density at radius 1 is 1.44 bits per heavy atom. The van der Waals surface area contributed by atoms with Crippen LogP contribution in [0.1, 0.15) is 19.8 Å². The molecule has 2 aliphatic heterocycles. The molecule has 1 amide bonds. The highest BCUT2D eigenvalue weighted by Crippen LogP contribution is 2.43. The first-order chi connectivity index (χ1) is 12.1. The SMILES string of the molecule is CCCOC[C@H]1C[C@]2(SC(=Nc3cccc(OC)c3)NC2=O)C(=O)O1. The monoisotopic (exact) mass is 364 g/mol. The largest absolute Gasteiger partial charge is 0.497 e. The number of rotatable bonds is 6. The fourth-order valence-corrected chi connectivity index (χ4v) is 3.87. The third-order valence-corrected chi connectivity index (χ3v) is 5.17. The lowest BCUT2D eigenvalue weighted by Gasteiger charge is -2.11. The van der Waals surface area contributed by atoms with Gasteiger partial charge in [-0.05, 0) is 18.6 Å². The zero-order valence-electron chi connectivity index (χ0n) is 14.1. The topological polar surface area (TPSA) is 86.2 Å². The van der Waals surface area contributed by atoms with Crippen LogP contribution in [0.4, 0.5) is 5.69 Å². The Morgan fingerprint density at radius 2 is 2.28 bits per heavy atom. The summed E-state index contributed by atoms with van der Waals surface area (Å²) in [4.78, 5) is 29.1. The molecule has 2 heterocycles. The van der Waals surface area contributed by atoms with Crippen LogP contribution >= 0.6 is 11.8 Å². The zero-order valence-corrected chi connectivity index (χ0v) is 14.9. The van der Waals surface area contributed by atoms with Crippen LogP contribution in [0.2, 0.25) is 0 Å². The predicted octanol–water partition coefficient (Wildman–Crippen LogP) is 2.03. The van der Waals surface area contributed by atoms with Crippen molar-refractivity contribution in [2.75, 3.05) is 20.3 Å². The second-order valence-electron chi connectivity index (χ2n) is 5.81. The summed E-state index contributed by atoms with van der Waals surface area (Å²) >= 11 is 1.11. The predicted molar refractivity (Wildman–Crippen MR) is 94.2 cm³/mol. The molecule has 8 heteroatoms. The third kappa shape index (κ3) is 3.64. The molecule has 2 saturated heterocycles. The lowest BCUT2D eigenvalue weighted by molar-refractivity contribution is -0.146. The van der Waals surface area contributed by atoms with Gasteiger partial charge in [-0.15, -0.1) is 0 Å². The average molecular weight is 364 g/mol. The molecule has 2 aliphatic rings. The van der Waals surface area contributed by atoms with Crippen LogP contribution in [-0.4, -0.2) is 48.2 Å². The molecule has 3 rings (SSSR count). The minimum Gasteiger partial charge on any atom is -0.497 e. The average Bonchev–Trinajstić information content (AvgIpc) is 3.08. The van der Waals surface area contributed by atoms with Gasteiger partial charge in [0.15, 0.2) is 5.17 Å². The van der Waals surface area contributed by atoms with Crippen LogP contribution in [0.3, 0.4) is 0 Å². The number of cyclic esters (lactones) is 1. The summed E-state index contributed by atoms with van der Waals surface area (Å²) in [5, 5.41) is 3.06. The summed E-state index contributed by atoms with van der Waals surface area (Å²) in [5.74, 6) is -0.252. The summed E-state index contributed by atoms with van der Waals surface area (Å²) in [6, 6.07) is 7.15. The van der Waals surface area contributed by atoms with Crippen molar-refractivity contribution in [3.63, 3.8) is 0 Å². The molecule has 0 radical (unpaired) electrons. The highest BCUT2D eigenvalue weighted by Gasteiger charge is 2.60. The van der Waals surface area contributed by atoms with Gasteiger partial charge in [0, 0.05) is 19.1 Å². The van der Waals surface area contributed by atoms with Crippen LogP contribution in [0, 0.1) is 0 Å². The van der Waals surface area contributed by atoms with Crippen molar-refractivity contribution in [1.29, 1.82) is 0 Å². The molecule has 1 aromatic carbocycles. The number of aliphatic imine (C=N–C) groups is 1. The van der Waals surface area contributed by atoms with Crippen LogP contribution in [0.25, 0.3) is 0 Å². The molecule has 1 spiro atoms. The van der Waals surface area contributed by atoms with Gasteiger partial charge in [0.05, 0.1) is 19.4 Å². The molecule has 1 N–H and O–H groups in total. The Labute approximate surface area is 150 Å². The molecule has 2 atom stereocenters. The van der Waals surface area contributed by atoms with Crippen LogP contribution < -0.4 is 10.1 Å². The number of amides is 1. The number of carbonyl (C=O) groups excluding carboxylic acids is 2. The maximum Gasteiger partial charge on any atom is 0.332 e. The number of benzene rings is 1. The van der Waals surface area contributed by atoms with Gasteiger partial charge in [-0.3, -0.25) is 4.79 Å². The molecule has 0 bridgehead atoms. The molecular weight excluding hydrogens is 344 g/mol. The number of methoxy groups -OCH3 is 1. The second kappa shape index (κ2) is 7.45. The molecule has 0 saturated carbocycles. The van der Waals surface area contributed by atoms with E-state index in [1.807, 2.05) is 6.92 Å². The minimum atomic E-state index is -1.27. The van der Waals surface area contributed by atoms with Crippen LogP contribution in [0.15, 0.2) is 29.3 Å². The van der Waals surface area contributed by atoms with E-state index in [4.69, 9.17) is 14.2 Å². The lowest BCUT2D eigenvalue weighted by atomic mass is 10.0. The van der Waals surface area contributed by atoms with Gasteiger partial charge in [-0.2, -0.15) is 0 Å². The van der Waals surface area contributed by atoms with Crippen LogP contribution in [0.5, 0.6) is 5.75 Å². The number of thioether (sulfide) groups is 1. The summed E-state index contributed by atoms with van der Waals surface area (Å²) in [6.07, 6.45) is 0.759. The van der Waals surface area contributed by atoms with Gasteiger partial charge in [-0.25, -0.2) is 9.79 Å². The first-order valence-electron chi connectivity index (χ1n) is 8.09. The molecule has 1 aromatic rings. The molecule has 25 heavy (non-hydrogen) atoms. The smallest absolute Gasteiger partial charge is 0.332 e. The normalized spacial score (nSPS) is 27.0. The van der Waals surface area contributed by atoms with Crippen molar-refractivity contribution in [3.8, 4) is 5.75 Å². The number of ether oxygens (including phenoxy) is 3. The van der Waals surface area contributed by atoms with E-state index in [-0.39, 0.29) is 12.3 Å². The first-order valence-corrected chi connectivity index (χ1v) is 8.91. The molecule has 0 aliphatic carbocycles. The van der Waals surface area contributed by atoms with Gasteiger partial charge in [0.25, 0.3) is 5.91 Å². The number of nitrogens with one attached hydrogen (secondary N) is 1. The van der Waals surface area contributed by atoms with E-state index >= 15 is 0 Å². The van der Waals surface area contributed by atoms with Gasteiger partial charge in [0.2, 0.25) is 4.75 Å². The Balaban J connectivity index is 1.73. The van der Waals surface area contributed by atoms with Gasteiger partial charge >= 0.3 is 5.97 Å². The van der Waals surface area contributed by atoms with E-state index in [1.165, 1.54) is 0 Å². The molecular formula is C17H20N2O5S. The highest BCUT2D eigenvalue weighted by atomic mass is 32.2. The summed E-state index contributed by atoms with van der Waals surface area (Å²) < 4.78 is 14.7. The van der Waals surface area contributed by atoms with Crippen LogP contribution in [-0.2, 0) is 19.1 Å². The minimum absolute atomic E-state index is 0.281. The molecule has 0 unspecified atom stereocenters. The van der Waals surface area contributed by atoms with E-state index in [2.05, 4.69) is 10.3 Å².